The molecule has 4 heteroatoms. The summed E-state index contributed by atoms with van der Waals surface area (Å²) in [5, 5.41) is 8.89. The molecule has 2 rings (SSSR count). The van der Waals surface area contributed by atoms with Gasteiger partial charge in [0.25, 0.3) is 0 Å². The van der Waals surface area contributed by atoms with Crippen LogP contribution in [0.25, 0.3) is 0 Å². The monoisotopic (exact) mass is 310 g/mol. The van der Waals surface area contributed by atoms with Gasteiger partial charge < -0.3 is 5.11 Å². The van der Waals surface area contributed by atoms with Crippen LogP contribution in [0, 0.1) is 28.6 Å². The molecule has 0 radical (unpaired) electrons. The highest BCUT2D eigenvalue weighted by Crippen LogP contribution is 2.44. The van der Waals surface area contributed by atoms with Crippen molar-refractivity contribution in [1.82, 2.24) is 9.97 Å². The Balaban J connectivity index is 2.12. The molecule has 1 aliphatic rings. The van der Waals surface area contributed by atoms with E-state index in [-0.39, 0.29) is 16.5 Å². The van der Waals surface area contributed by atoms with E-state index in [9.17, 15) is 4.79 Å². The average molecular weight is 310 g/mol. The topological polar surface area (TPSA) is 63.1 Å². The second kappa shape index (κ2) is 6.37. The Morgan fingerprint density at radius 3 is 2.74 bits per heavy atom. The minimum absolute atomic E-state index is 0.0962. The summed E-state index contributed by atoms with van der Waals surface area (Å²) in [5.74, 6) is 5.07. The third-order valence-corrected chi connectivity index (χ3v) is 4.13. The van der Waals surface area contributed by atoms with E-state index in [2.05, 4.69) is 67.7 Å². The number of hydrogen-bond acceptors (Lipinski definition) is 3. The first-order valence-electron chi connectivity index (χ1n) is 7.64. The van der Waals surface area contributed by atoms with E-state index < -0.39 is 5.97 Å². The van der Waals surface area contributed by atoms with Crippen LogP contribution in [0.15, 0.2) is 36.7 Å². The van der Waals surface area contributed by atoms with Gasteiger partial charge in [0.2, 0.25) is 0 Å². The van der Waals surface area contributed by atoms with E-state index in [1.165, 1.54) is 12.4 Å². The molecule has 1 aromatic heterocycles. The summed E-state index contributed by atoms with van der Waals surface area (Å²) in [5.41, 5.74) is 0.564. The zero-order valence-electron chi connectivity index (χ0n) is 14.0. The molecule has 1 atom stereocenters. The van der Waals surface area contributed by atoms with Crippen molar-refractivity contribution in [1.29, 1.82) is 0 Å². The predicted octanol–water partition coefficient (Wildman–Crippen LogP) is 3.71. The van der Waals surface area contributed by atoms with Crippen molar-refractivity contribution in [2.75, 3.05) is 0 Å². The minimum atomic E-state index is -1.10. The molecule has 0 saturated carbocycles. The van der Waals surface area contributed by atoms with E-state index in [4.69, 9.17) is 5.11 Å². The van der Waals surface area contributed by atoms with Gasteiger partial charge in [0.05, 0.1) is 12.4 Å². The first-order chi connectivity index (χ1) is 10.7. The fourth-order valence-electron chi connectivity index (χ4n) is 2.59. The van der Waals surface area contributed by atoms with Gasteiger partial charge in [0.1, 0.15) is 5.69 Å². The predicted molar refractivity (Wildman–Crippen MR) is 89.8 cm³/mol. The highest BCUT2D eigenvalue weighted by Gasteiger charge is 2.34. The van der Waals surface area contributed by atoms with Crippen molar-refractivity contribution in [2.24, 2.45) is 16.7 Å². The zero-order chi connectivity index (χ0) is 17.1. The summed E-state index contributed by atoms with van der Waals surface area (Å²) in [6.07, 6.45) is 12.3. The number of hydrogen-bond donors (Lipinski definition) is 1. The average Bonchev–Trinajstić information content (AvgIpc) is 2.48. The zero-order valence-corrected chi connectivity index (χ0v) is 14.0. The largest absolute Gasteiger partial charge is 0.476 e. The fraction of sp³-hybridized carbons (Fsp3) is 0.421. The molecule has 0 fully saturated rings. The van der Waals surface area contributed by atoms with Crippen LogP contribution >= 0.6 is 0 Å². The van der Waals surface area contributed by atoms with E-state index in [1.807, 2.05) is 6.08 Å². The third-order valence-electron chi connectivity index (χ3n) is 4.13. The van der Waals surface area contributed by atoms with Crippen LogP contribution in [0.3, 0.4) is 0 Å². The van der Waals surface area contributed by atoms with Gasteiger partial charge in [-0.05, 0) is 35.2 Å². The van der Waals surface area contributed by atoms with Crippen molar-refractivity contribution in [3.63, 3.8) is 0 Å². The molecular formula is C19H22N2O2. The van der Waals surface area contributed by atoms with E-state index in [0.717, 1.165) is 6.42 Å². The molecule has 0 amide bonds. The fourth-order valence-corrected chi connectivity index (χ4v) is 2.59. The molecule has 4 nitrogen and oxygen atoms in total. The van der Waals surface area contributed by atoms with Gasteiger partial charge in [-0.2, -0.15) is 0 Å². The lowest BCUT2D eigenvalue weighted by atomic mass is 9.65. The molecule has 120 valence electrons. The van der Waals surface area contributed by atoms with Crippen molar-refractivity contribution >= 4 is 5.97 Å². The second-order valence-corrected chi connectivity index (χ2v) is 7.18. The summed E-state index contributed by atoms with van der Waals surface area (Å²) in [6, 6.07) is 0. The van der Waals surface area contributed by atoms with Crippen LogP contribution in [0.2, 0.25) is 0 Å². The number of allylic oxidation sites excluding steroid dienone is 4. The highest BCUT2D eigenvalue weighted by molar-refractivity contribution is 5.84. The van der Waals surface area contributed by atoms with E-state index in [1.54, 1.807) is 0 Å². The number of aromatic nitrogens is 2. The van der Waals surface area contributed by atoms with Gasteiger partial charge in [0.15, 0.2) is 5.69 Å². The molecule has 1 aliphatic carbocycles. The van der Waals surface area contributed by atoms with Crippen LogP contribution in [-0.4, -0.2) is 21.0 Å². The Kier molecular flexibility index (Phi) is 4.70. The Hall–Kier alpha value is -2.41. The minimum Gasteiger partial charge on any atom is -0.476 e. The Bertz CT molecular complexity index is 718. The molecule has 0 saturated heterocycles. The summed E-state index contributed by atoms with van der Waals surface area (Å²) in [7, 11) is 0. The first kappa shape index (κ1) is 17.0. The Morgan fingerprint density at radius 2 is 2.04 bits per heavy atom. The van der Waals surface area contributed by atoms with E-state index >= 15 is 0 Å². The lowest BCUT2D eigenvalue weighted by molar-refractivity contribution is 0.0690. The third kappa shape index (κ3) is 4.53. The molecule has 0 aliphatic heterocycles. The van der Waals surface area contributed by atoms with Crippen molar-refractivity contribution in [3.8, 4) is 11.8 Å². The summed E-state index contributed by atoms with van der Waals surface area (Å²) in [6.45, 7) is 8.92. The van der Waals surface area contributed by atoms with Crippen molar-refractivity contribution < 1.29 is 9.90 Å². The number of carboxylic acids is 1. The number of carboxylic acid groups (broad SMARTS) is 1. The number of rotatable bonds is 2. The SMILES string of the molecule is CC1(C)C=CC(C)(C)C(C=CC#Cc2cncc(C(=O)O)n2)C1. The van der Waals surface area contributed by atoms with Gasteiger partial charge in [-0.15, -0.1) is 0 Å². The van der Waals surface area contributed by atoms with Crippen LogP contribution in [0.1, 0.15) is 50.3 Å². The van der Waals surface area contributed by atoms with Gasteiger partial charge in [-0.1, -0.05) is 51.8 Å². The quantitative estimate of drug-likeness (QED) is 0.668. The Morgan fingerprint density at radius 1 is 1.30 bits per heavy atom. The maximum absolute atomic E-state index is 10.9. The van der Waals surface area contributed by atoms with Gasteiger partial charge in [0, 0.05) is 0 Å². The normalized spacial score (nSPS) is 21.7. The van der Waals surface area contributed by atoms with Crippen LogP contribution < -0.4 is 0 Å². The van der Waals surface area contributed by atoms with Crippen LogP contribution in [-0.2, 0) is 0 Å². The molecule has 1 heterocycles. The maximum Gasteiger partial charge on any atom is 0.356 e. The summed E-state index contributed by atoms with van der Waals surface area (Å²) >= 11 is 0. The van der Waals surface area contributed by atoms with Gasteiger partial charge in [-0.25, -0.2) is 9.78 Å². The number of aromatic carboxylic acids is 1. The van der Waals surface area contributed by atoms with Crippen LogP contribution in [0.4, 0.5) is 0 Å². The maximum atomic E-state index is 10.9. The molecule has 23 heavy (non-hydrogen) atoms. The number of carbonyl (C=O) groups is 1. The summed E-state index contributed by atoms with van der Waals surface area (Å²) in [4.78, 5) is 18.6. The van der Waals surface area contributed by atoms with Crippen molar-refractivity contribution in [2.45, 2.75) is 34.1 Å². The molecule has 0 spiro atoms. The molecule has 1 aromatic rings. The standard InChI is InChI=1S/C19H22N2O2/c1-18(2)9-10-19(3,4)14(11-18)7-5-6-8-15-12-20-13-16(21-15)17(22)23/h5,7,9-10,12-14H,11H2,1-4H3,(H,22,23). The lowest BCUT2D eigenvalue weighted by Gasteiger charge is -2.39. The molecule has 1 unspecified atom stereocenters. The number of nitrogens with zero attached hydrogens (tertiary/aromatic N) is 2. The van der Waals surface area contributed by atoms with Gasteiger partial charge >= 0.3 is 5.97 Å². The van der Waals surface area contributed by atoms with Crippen LogP contribution in [0.5, 0.6) is 0 Å². The van der Waals surface area contributed by atoms with Gasteiger partial charge in [-0.3, -0.25) is 4.98 Å². The molecule has 0 aromatic carbocycles. The Labute approximate surface area is 137 Å². The summed E-state index contributed by atoms with van der Waals surface area (Å²) < 4.78 is 0. The molecular weight excluding hydrogens is 288 g/mol. The first-order valence-corrected chi connectivity index (χ1v) is 7.64. The van der Waals surface area contributed by atoms with E-state index in [0.29, 0.717) is 11.6 Å². The molecule has 1 N–H and O–H groups in total. The van der Waals surface area contributed by atoms with Crippen molar-refractivity contribution in [3.05, 3.63) is 48.1 Å². The molecule has 0 bridgehead atoms. The second-order valence-electron chi connectivity index (χ2n) is 7.18. The smallest absolute Gasteiger partial charge is 0.356 e. The lowest BCUT2D eigenvalue weighted by Crippen LogP contribution is -2.30. The highest BCUT2D eigenvalue weighted by atomic mass is 16.4.